The number of hydrogen-bond donors (Lipinski definition) is 1. The Labute approximate surface area is 132 Å². The predicted molar refractivity (Wildman–Crippen MR) is 84.2 cm³/mol. The third kappa shape index (κ3) is 3.09. The van der Waals surface area contributed by atoms with E-state index in [2.05, 4.69) is 18.3 Å². The Hall–Kier alpha value is -1.45. The quantitative estimate of drug-likeness (QED) is 0.870. The van der Waals surface area contributed by atoms with Gasteiger partial charge in [0.1, 0.15) is 17.7 Å². The van der Waals surface area contributed by atoms with Gasteiger partial charge in [-0.15, -0.1) is 0 Å². The minimum absolute atomic E-state index is 0.0130. The summed E-state index contributed by atoms with van der Waals surface area (Å²) in [5, 5.41) is 3.68. The number of ether oxygens (including phenoxy) is 1. The Bertz CT molecular complexity index is 667. The van der Waals surface area contributed by atoms with Gasteiger partial charge in [0.2, 0.25) is 0 Å². The van der Waals surface area contributed by atoms with Crippen LogP contribution in [-0.4, -0.2) is 12.6 Å². The molecule has 2 aromatic rings. The maximum absolute atomic E-state index is 13.1. The van der Waals surface area contributed by atoms with E-state index in [4.69, 9.17) is 27.9 Å². The number of fused-ring (bicyclic) bond motifs is 1. The molecule has 2 nitrogen and oxygen atoms in total. The van der Waals surface area contributed by atoms with Gasteiger partial charge < -0.3 is 10.1 Å². The van der Waals surface area contributed by atoms with Gasteiger partial charge in [-0.25, -0.2) is 4.39 Å². The average Bonchev–Trinajstić information content (AvgIpc) is 2.79. The van der Waals surface area contributed by atoms with Crippen LogP contribution in [0.1, 0.15) is 11.1 Å². The molecule has 0 saturated heterocycles. The van der Waals surface area contributed by atoms with Crippen molar-refractivity contribution in [3.05, 3.63) is 57.3 Å². The normalized spacial score (nSPS) is 16.5. The molecular formula is C16H14Cl2FNO. The monoisotopic (exact) mass is 325 g/mol. The lowest BCUT2D eigenvalue weighted by Gasteiger charge is -2.15. The lowest BCUT2D eigenvalue weighted by atomic mass is 10.1. The Morgan fingerprint density at radius 1 is 1.24 bits per heavy atom. The second-order valence-corrected chi connectivity index (χ2v) is 5.99. The summed E-state index contributed by atoms with van der Waals surface area (Å²) >= 11 is 12.0. The van der Waals surface area contributed by atoms with E-state index in [1.807, 2.05) is 12.1 Å². The third-order valence-electron chi connectivity index (χ3n) is 3.47. The molecule has 0 aliphatic carbocycles. The Balaban J connectivity index is 1.68. The number of halogens is 3. The van der Waals surface area contributed by atoms with Gasteiger partial charge in [0, 0.05) is 6.42 Å². The van der Waals surface area contributed by atoms with E-state index >= 15 is 0 Å². The van der Waals surface area contributed by atoms with E-state index in [1.54, 1.807) is 0 Å². The molecule has 1 aliphatic heterocycles. The standard InChI is InChI=1S/C16H14Cl2FNO/c1-9-2-3-15-10(4-9)5-12(21-15)8-20-16-13(17)6-11(19)7-14(16)18/h2-4,6-7,12,20H,5,8H2,1H3. The zero-order valence-corrected chi connectivity index (χ0v) is 12.9. The Morgan fingerprint density at radius 3 is 2.67 bits per heavy atom. The van der Waals surface area contributed by atoms with E-state index in [0.29, 0.717) is 12.2 Å². The molecule has 1 aliphatic rings. The first kappa shape index (κ1) is 14.5. The van der Waals surface area contributed by atoms with E-state index in [9.17, 15) is 4.39 Å². The molecular weight excluding hydrogens is 312 g/mol. The van der Waals surface area contributed by atoms with E-state index in [0.717, 1.165) is 12.2 Å². The second-order valence-electron chi connectivity index (χ2n) is 5.18. The number of anilines is 1. The minimum Gasteiger partial charge on any atom is -0.488 e. The number of rotatable bonds is 3. The molecule has 21 heavy (non-hydrogen) atoms. The molecule has 1 N–H and O–H groups in total. The van der Waals surface area contributed by atoms with Gasteiger partial charge in [0.05, 0.1) is 22.3 Å². The molecule has 1 heterocycles. The lowest BCUT2D eigenvalue weighted by molar-refractivity contribution is 0.246. The smallest absolute Gasteiger partial charge is 0.126 e. The van der Waals surface area contributed by atoms with Crippen LogP contribution in [0.25, 0.3) is 0 Å². The molecule has 0 spiro atoms. The van der Waals surface area contributed by atoms with Crippen molar-refractivity contribution in [1.29, 1.82) is 0 Å². The van der Waals surface area contributed by atoms with Crippen molar-refractivity contribution >= 4 is 28.9 Å². The molecule has 3 rings (SSSR count). The molecule has 2 aromatic carbocycles. The maximum atomic E-state index is 13.1. The topological polar surface area (TPSA) is 21.3 Å². The summed E-state index contributed by atoms with van der Waals surface area (Å²) in [4.78, 5) is 0. The van der Waals surface area contributed by atoms with Gasteiger partial charge in [-0.1, -0.05) is 40.9 Å². The number of nitrogens with one attached hydrogen (secondary N) is 1. The molecule has 1 unspecified atom stereocenters. The summed E-state index contributed by atoms with van der Waals surface area (Å²) in [7, 11) is 0. The van der Waals surface area contributed by atoms with Crippen LogP contribution in [0.2, 0.25) is 10.0 Å². The summed E-state index contributed by atoms with van der Waals surface area (Å²) in [5.74, 6) is 0.472. The molecule has 0 saturated carbocycles. The van der Waals surface area contributed by atoms with E-state index in [-0.39, 0.29) is 16.1 Å². The highest BCUT2D eigenvalue weighted by Crippen LogP contribution is 2.33. The van der Waals surface area contributed by atoms with Crippen molar-refractivity contribution in [2.24, 2.45) is 0 Å². The highest BCUT2D eigenvalue weighted by Gasteiger charge is 2.23. The third-order valence-corrected chi connectivity index (χ3v) is 4.07. The summed E-state index contributed by atoms with van der Waals surface area (Å²) in [5.41, 5.74) is 2.96. The van der Waals surface area contributed by atoms with E-state index in [1.165, 1.54) is 23.3 Å². The molecule has 0 fully saturated rings. The maximum Gasteiger partial charge on any atom is 0.126 e. The van der Waals surface area contributed by atoms with Gasteiger partial charge in [0.15, 0.2) is 0 Å². The SMILES string of the molecule is Cc1ccc2c(c1)CC(CNc1c(Cl)cc(F)cc1Cl)O2. The van der Waals surface area contributed by atoms with Gasteiger partial charge >= 0.3 is 0 Å². The Kier molecular flexibility index (Phi) is 3.96. The molecule has 110 valence electrons. The first-order valence-electron chi connectivity index (χ1n) is 6.67. The van der Waals surface area contributed by atoms with Gasteiger partial charge in [0.25, 0.3) is 0 Å². The number of aryl methyl sites for hydroxylation is 1. The summed E-state index contributed by atoms with van der Waals surface area (Å²) < 4.78 is 19.0. The Morgan fingerprint density at radius 2 is 1.95 bits per heavy atom. The molecule has 5 heteroatoms. The summed E-state index contributed by atoms with van der Waals surface area (Å²) in [6, 6.07) is 8.63. The van der Waals surface area contributed by atoms with Crippen LogP contribution in [0.4, 0.5) is 10.1 Å². The van der Waals surface area contributed by atoms with Gasteiger partial charge in [-0.2, -0.15) is 0 Å². The highest BCUT2D eigenvalue weighted by atomic mass is 35.5. The minimum atomic E-state index is -0.449. The lowest BCUT2D eigenvalue weighted by Crippen LogP contribution is -2.24. The zero-order chi connectivity index (χ0) is 15.0. The van der Waals surface area contributed by atoms with Crippen LogP contribution < -0.4 is 10.1 Å². The van der Waals surface area contributed by atoms with Crippen LogP contribution in [0, 0.1) is 12.7 Å². The molecule has 0 aromatic heterocycles. The number of hydrogen-bond acceptors (Lipinski definition) is 2. The molecule has 0 radical (unpaired) electrons. The average molecular weight is 326 g/mol. The second kappa shape index (κ2) is 5.74. The molecule has 0 bridgehead atoms. The van der Waals surface area contributed by atoms with Crippen molar-refractivity contribution in [3.63, 3.8) is 0 Å². The number of benzene rings is 2. The fourth-order valence-corrected chi connectivity index (χ4v) is 3.08. The highest BCUT2D eigenvalue weighted by molar-refractivity contribution is 6.39. The van der Waals surface area contributed by atoms with Crippen LogP contribution in [0.3, 0.4) is 0 Å². The van der Waals surface area contributed by atoms with Crippen LogP contribution in [0.5, 0.6) is 5.75 Å². The fraction of sp³-hybridized carbons (Fsp3) is 0.250. The van der Waals surface area contributed by atoms with Gasteiger partial charge in [-0.3, -0.25) is 0 Å². The fourth-order valence-electron chi connectivity index (χ4n) is 2.49. The predicted octanol–water partition coefficient (Wildman–Crippen LogP) is 4.86. The van der Waals surface area contributed by atoms with Crippen molar-refractivity contribution < 1.29 is 9.13 Å². The van der Waals surface area contributed by atoms with Crippen LogP contribution in [0.15, 0.2) is 30.3 Å². The van der Waals surface area contributed by atoms with Crippen molar-refractivity contribution in [1.82, 2.24) is 0 Å². The summed E-state index contributed by atoms with van der Waals surface area (Å²) in [6.45, 7) is 2.61. The molecule has 0 amide bonds. The van der Waals surface area contributed by atoms with E-state index < -0.39 is 5.82 Å². The summed E-state index contributed by atoms with van der Waals surface area (Å²) in [6.07, 6.45) is 0.847. The van der Waals surface area contributed by atoms with Gasteiger partial charge in [-0.05, 0) is 30.7 Å². The van der Waals surface area contributed by atoms with Crippen molar-refractivity contribution in [2.45, 2.75) is 19.4 Å². The first-order valence-corrected chi connectivity index (χ1v) is 7.43. The van der Waals surface area contributed by atoms with Crippen LogP contribution >= 0.6 is 23.2 Å². The van der Waals surface area contributed by atoms with Crippen molar-refractivity contribution in [3.8, 4) is 5.75 Å². The zero-order valence-electron chi connectivity index (χ0n) is 11.4. The largest absolute Gasteiger partial charge is 0.488 e. The van der Waals surface area contributed by atoms with Crippen LogP contribution in [-0.2, 0) is 6.42 Å². The van der Waals surface area contributed by atoms with Crippen molar-refractivity contribution in [2.75, 3.05) is 11.9 Å². The first-order chi connectivity index (χ1) is 10.0. The molecule has 1 atom stereocenters.